The first-order valence-corrected chi connectivity index (χ1v) is 3.83. The van der Waals surface area contributed by atoms with Gasteiger partial charge in [0.2, 0.25) is 0 Å². The summed E-state index contributed by atoms with van der Waals surface area (Å²) in [5.74, 6) is 0. The third kappa shape index (κ3) is 1.10. The van der Waals surface area contributed by atoms with Gasteiger partial charge in [0.05, 0.1) is 6.04 Å². The van der Waals surface area contributed by atoms with E-state index in [1.807, 2.05) is 12.1 Å². The molecule has 1 atom stereocenters. The molecule has 0 aromatic carbocycles. The maximum absolute atomic E-state index is 3.29. The Labute approximate surface area is 66.9 Å². The minimum Gasteiger partial charge on any atom is -0.318 e. The molecule has 0 saturated heterocycles. The maximum atomic E-state index is 3.29. The van der Waals surface area contributed by atoms with Gasteiger partial charge in [-0.1, -0.05) is 23.8 Å². The van der Waals surface area contributed by atoms with Gasteiger partial charge in [-0.2, -0.15) is 0 Å². The number of hydrogen-bond acceptors (Lipinski definition) is 2. The lowest BCUT2D eigenvalue weighted by Crippen LogP contribution is -2.32. The van der Waals surface area contributed by atoms with E-state index in [4.69, 9.17) is 0 Å². The maximum Gasteiger partial charge on any atom is 0.0710 e. The normalized spacial score (nSPS) is 28.2. The fraction of sp³-hybridized carbons (Fsp3) is 0.333. The molecule has 1 N–H and O–H groups in total. The number of allylic oxidation sites excluding steroid dienone is 2. The van der Waals surface area contributed by atoms with Crippen molar-refractivity contribution in [1.29, 1.82) is 0 Å². The summed E-state index contributed by atoms with van der Waals surface area (Å²) < 4.78 is 0. The summed E-state index contributed by atoms with van der Waals surface area (Å²) in [4.78, 5) is 0. The number of rotatable bonds is 0. The first-order chi connectivity index (χ1) is 5.25. The van der Waals surface area contributed by atoms with Crippen LogP contribution in [0.15, 0.2) is 35.6 Å². The van der Waals surface area contributed by atoms with Gasteiger partial charge in [-0.3, -0.25) is 0 Å². The Hall–Kier alpha value is -1.02. The highest BCUT2D eigenvalue weighted by molar-refractivity contribution is 5.42. The molecular formula is C9H12N2. The van der Waals surface area contributed by atoms with Crippen molar-refractivity contribution in [1.82, 2.24) is 10.4 Å². The van der Waals surface area contributed by atoms with Crippen molar-refractivity contribution in [2.45, 2.75) is 13.0 Å². The molecule has 0 fully saturated rings. The van der Waals surface area contributed by atoms with Crippen LogP contribution in [-0.2, 0) is 0 Å². The summed E-state index contributed by atoms with van der Waals surface area (Å²) >= 11 is 0. The van der Waals surface area contributed by atoms with E-state index in [2.05, 4.69) is 36.8 Å². The molecule has 0 radical (unpaired) electrons. The molecule has 2 nitrogen and oxygen atoms in total. The van der Waals surface area contributed by atoms with Crippen LogP contribution in [0.5, 0.6) is 0 Å². The van der Waals surface area contributed by atoms with E-state index in [9.17, 15) is 0 Å². The highest BCUT2D eigenvalue weighted by Crippen LogP contribution is 2.20. The Morgan fingerprint density at radius 2 is 2.36 bits per heavy atom. The molecule has 0 amide bonds. The zero-order valence-corrected chi connectivity index (χ0v) is 6.83. The van der Waals surface area contributed by atoms with E-state index in [1.54, 1.807) is 0 Å². The number of hydrogen-bond donors (Lipinski definition) is 1. The molecule has 0 aromatic heterocycles. The van der Waals surface area contributed by atoms with Gasteiger partial charge in [-0.15, -0.1) is 0 Å². The predicted octanol–water partition coefficient (Wildman–Crippen LogP) is 1.21. The first-order valence-electron chi connectivity index (χ1n) is 3.83. The Morgan fingerprint density at radius 1 is 1.55 bits per heavy atom. The number of fused-ring (bicyclic) bond motifs is 1. The van der Waals surface area contributed by atoms with Gasteiger partial charge in [0.25, 0.3) is 0 Å². The lowest BCUT2D eigenvalue weighted by atomic mass is 10.0. The molecule has 0 aromatic rings. The van der Waals surface area contributed by atoms with Crippen molar-refractivity contribution >= 4 is 0 Å². The number of nitrogens with zero attached hydrogens (tertiary/aromatic N) is 1. The van der Waals surface area contributed by atoms with Crippen molar-refractivity contribution in [3.8, 4) is 0 Å². The molecule has 1 aliphatic heterocycles. The molecule has 1 aliphatic carbocycles. The minimum atomic E-state index is 0.406. The second kappa shape index (κ2) is 2.24. The van der Waals surface area contributed by atoms with Crippen LogP contribution in [0, 0.1) is 0 Å². The minimum absolute atomic E-state index is 0.406. The van der Waals surface area contributed by atoms with Gasteiger partial charge in [0.1, 0.15) is 0 Å². The lowest BCUT2D eigenvalue weighted by Gasteiger charge is -2.14. The zero-order valence-electron chi connectivity index (χ0n) is 6.83. The summed E-state index contributed by atoms with van der Waals surface area (Å²) in [6.45, 7) is 2.12. The van der Waals surface area contributed by atoms with Crippen LogP contribution in [0.4, 0.5) is 0 Å². The summed E-state index contributed by atoms with van der Waals surface area (Å²) in [6.07, 6.45) is 8.66. The summed E-state index contributed by atoms with van der Waals surface area (Å²) in [7, 11) is 2.02. The van der Waals surface area contributed by atoms with Crippen LogP contribution in [0.25, 0.3) is 0 Å². The fourth-order valence-corrected chi connectivity index (χ4v) is 1.48. The Balaban J connectivity index is 2.31. The average Bonchev–Trinajstić information content (AvgIpc) is 2.27. The Bertz CT molecular complexity index is 261. The first kappa shape index (κ1) is 6.68. The molecule has 2 heteroatoms. The largest absolute Gasteiger partial charge is 0.318 e. The molecule has 0 bridgehead atoms. The van der Waals surface area contributed by atoms with E-state index in [0.29, 0.717) is 6.04 Å². The predicted molar refractivity (Wildman–Crippen MR) is 45.7 cm³/mol. The summed E-state index contributed by atoms with van der Waals surface area (Å²) in [6, 6.07) is 0.406. The van der Waals surface area contributed by atoms with Gasteiger partial charge in [-0.05, 0) is 12.5 Å². The number of hydrazine groups is 1. The van der Waals surface area contributed by atoms with Gasteiger partial charge in [0.15, 0.2) is 0 Å². The monoisotopic (exact) mass is 148 g/mol. The van der Waals surface area contributed by atoms with E-state index in [0.717, 1.165) is 0 Å². The summed E-state index contributed by atoms with van der Waals surface area (Å²) in [5, 5.41) is 2.00. The van der Waals surface area contributed by atoms with Gasteiger partial charge < -0.3 is 5.01 Å². The van der Waals surface area contributed by atoms with E-state index in [-0.39, 0.29) is 0 Å². The molecule has 1 heterocycles. The lowest BCUT2D eigenvalue weighted by molar-refractivity contribution is 0.349. The van der Waals surface area contributed by atoms with Crippen molar-refractivity contribution in [2.75, 3.05) is 7.05 Å². The van der Waals surface area contributed by atoms with Crippen LogP contribution < -0.4 is 5.43 Å². The van der Waals surface area contributed by atoms with Crippen molar-refractivity contribution in [3.05, 3.63) is 35.6 Å². The van der Waals surface area contributed by atoms with Gasteiger partial charge in [0, 0.05) is 13.2 Å². The van der Waals surface area contributed by atoms with E-state index in [1.165, 1.54) is 11.1 Å². The second-order valence-corrected chi connectivity index (χ2v) is 3.09. The van der Waals surface area contributed by atoms with Crippen LogP contribution in [0.3, 0.4) is 0 Å². The Morgan fingerprint density at radius 3 is 3.18 bits per heavy atom. The van der Waals surface area contributed by atoms with Crippen molar-refractivity contribution < 1.29 is 0 Å². The smallest absolute Gasteiger partial charge is 0.0710 e. The number of nitrogens with one attached hydrogen (secondary N) is 1. The molecule has 2 rings (SSSR count). The highest BCUT2D eigenvalue weighted by Gasteiger charge is 2.19. The van der Waals surface area contributed by atoms with Crippen molar-refractivity contribution in [2.24, 2.45) is 0 Å². The van der Waals surface area contributed by atoms with Gasteiger partial charge in [-0.25, -0.2) is 5.43 Å². The van der Waals surface area contributed by atoms with Gasteiger partial charge >= 0.3 is 0 Å². The standard InChI is InChI=1S/C9H12N2/c1-7-3-4-9-8(5-7)6-11(2)10-9/h3-6,9-10H,1-2H3. The van der Waals surface area contributed by atoms with E-state index < -0.39 is 0 Å². The fourth-order valence-electron chi connectivity index (χ4n) is 1.48. The summed E-state index contributed by atoms with van der Waals surface area (Å²) in [5.41, 5.74) is 5.96. The molecule has 1 unspecified atom stereocenters. The zero-order chi connectivity index (χ0) is 7.84. The quantitative estimate of drug-likeness (QED) is 0.555. The topological polar surface area (TPSA) is 15.3 Å². The molecule has 0 saturated carbocycles. The molecule has 11 heavy (non-hydrogen) atoms. The molecule has 0 spiro atoms. The average molecular weight is 148 g/mol. The van der Waals surface area contributed by atoms with Crippen LogP contribution in [-0.4, -0.2) is 18.1 Å². The van der Waals surface area contributed by atoms with Crippen LogP contribution in [0.2, 0.25) is 0 Å². The molecular weight excluding hydrogens is 136 g/mol. The third-order valence-corrected chi connectivity index (χ3v) is 1.99. The van der Waals surface area contributed by atoms with Crippen LogP contribution in [0.1, 0.15) is 6.92 Å². The molecule has 2 aliphatic rings. The van der Waals surface area contributed by atoms with Crippen LogP contribution >= 0.6 is 0 Å². The second-order valence-electron chi connectivity index (χ2n) is 3.09. The SMILES string of the molecule is CC1=CC2=CN(C)NC2C=C1. The van der Waals surface area contributed by atoms with E-state index >= 15 is 0 Å². The van der Waals surface area contributed by atoms with Crippen molar-refractivity contribution in [3.63, 3.8) is 0 Å². The third-order valence-electron chi connectivity index (χ3n) is 1.99. The Kier molecular flexibility index (Phi) is 1.36. The highest BCUT2D eigenvalue weighted by atomic mass is 15.5. The molecule has 58 valence electrons.